The van der Waals surface area contributed by atoms with Crippen molar-refractivity contribution in [1.82, 2.24) is 0 Å². The summed E-state index contributed by atoms with van der Waals surface area (Å²) in [6, 6.07) is 10.9. The van der Waals surface area contributed by atoms with Gasteiger partial charge < -0.3 is 16.2 Å². The Morgan fingerprint density at radius 3 is 2.20 bits per heavy atom. The maximum absolute atomic E-state index is 12.0. The van der Waals surface area contributed by atoms with Crippen LogP contribution in [0.25, 0.3) is 0 Å². The summed E-state index contributed by atoms with van der Waals surface area (Å²) in [6.07, 6.45) is 0. The van der Waals surface area contributed by atoms with E-state index in [0.29, 0.717) is 21.4 Å². The van der Waals surface area contributed by atoms with Gasteiger partial charge in [0.2, 0.25) is 0 Å². The molecule has 2 aromatic rings. The van der Waals surface area contributed by atoms with Gasteiger partial charge in [-0.2, -0.15) is 0 Å². The number of carboxylic acid groups (broad SMARTS) is 1. The molecule has 0 bridgehead atoms. The lowest BCUT2D eigenvalue weighted by Gasteiger charge is -2.08. The number of hydrogen-bond acceptors (Lipinski definition) is 3. The molecule has 0 spiro atoms. The van der Waals surface area contributed by atoms with Gasteiger partial charge in [-0.05, 0) is 58.4 Å². The molecule has 5 nitrogen and oxygen atoms in total. The second-order valence-corrected chi connectivity index (χ2v) is 4.93. The molecule has 2 aromatic carbocycles. The van der Waals surface area contributed by atoms with Crippen LogP contribution < -0.4 is 11.1 Å². The highest BCUT2D eigenvalue weighted by molar-refractivity contribution is 9.10. The van der Waals surface area contributed by atoms with Gasteiger partial charge in [0.25, 0.3) is 5.91 Å². The van der Waals surface area contributed by atoms with E-state index in [2.05, 4.69) is 21.2 Å². The first kappa shape index (κ1) is 14.1. The van der Waals surface area contributed by atoms with Gasteiger partial charge in [-0.15, -0.1) is 0 Å². The first-order chi connectivity index (χ1) is 9.47. The van der Waals surface area contributed by atoms with Crippen molar-refractivity contribution in [2.24, 2.45) is 0 Å². The number of nitrogens with two attached hydrogens (primary N) is 1. The van der Waals surface area contributed by atoms with E-state index < -0.39 is 5.97 Å². The van der Waals surface area contributed by atoms with Crippen molar-refractivity contribution in [2.45, 2.75) is 0 Å². The van der Waals surface area contributed by atoms with Crippen molar-refractivity contribution < 1.29 is 14.7 Å². The van der Waals surface area contributed by atoms with Crippen molar-refractivity contribution in [3.05, 3.63) is 58.1 Å². The van der Waals surface area contributed by atoms with Gasteiger partial charge >= 0.3 is 5.97 Å². The minimum absolute atomic E-state index is 0.141. The molecule has 0 radical (unpaired) electrons. The van der Waals surface area contributed by atoms with Crippen molar-refractivity contribution in [3.63, 3.8) is 0 Å². The van der Waals surface area contributed by atoms with E-state index in [1.165, 1.54) is 18.2 Å². The van der Waals surface area contributed by atoms with E-state index in [-0.39, 0.29) is 11.5 Å². The minimum atomic E-state index is -1.03. The molecule has 4 N–H and O–H groups in total. The number of nitrogen functional groups attached to an aromatic ring is 1. The predicted octanol–water partition coefficient (Wildman–Crippen LogP) is 2.98. The zero-order chi connectivity index (χ0) is 14.7. The van der Waals surface area contributed by atoms with Crippen molar-refractivity contribution in [2.75, 3.05) is 11.1 Å². The van der Waals surface area contributed by atoms with E-state index in [1.807, 2.05) is 0 Å². The van der Waals surface area contributed by atoms with E-state index in [1.54, 1.807) is 24.3 Å². The number of rotatable bonds is 3. The Morgan fingerprint density at radius 2 is 1.65 bits per heavy atom. The standard InChI is InChI=1S/C14H11BrN2O3/c15-11-7-9(14(19)20)3-6-12(11)17-13(18)8-1-4-10(16)5-2-8/h1-7H,16H2,(H,17,18)(H,19,20). The largest absolute Gasteiger partial charge is 0.478 e. The highest BCUT2D eigenvalue weighted by atomic mass is 79.9. The molecule has 0 fully saturated rings. The van der Waals surface area contributed by atoms with Crippen LogP contribution in [0.2, 0.25) is 0 Å². The third-order valence-corrected chi connectivity index (χ3v) is 3.29. The summed E-state index contributed by atoms with van der Waals surface area (Å²) in [7, 11) is 0. The van der Waals surface area contributed by atoms with Crippen molar-refractivity contribution >= 4 is 39.2 Å². The molecule has 0 heterocycles. The zero-order valence-electron chi connectivity index (χ0n) is 10.3. The molecule has 0 atom stereocenters. The Balaban J connectivity index is 2.19. The molecule has 0 unspecified atom stereocenters. The van der Waals surface area contributed by atoms with Crippen LogP contribution in [-0.2, 0) is 0 Å². The van der Waals surface area contributed by atoms with Crippen LogP contribution in [0.15, 0.2) is 46.9 Å². The lowest BCUT2D eigenvalue weighted by Crippen LogP contribution is -2.12. The lowest BCUT2D eigenvalue weighted by atomic mass is 10.1. The van der Waals surface area contributed by atoms with Crippen LogP contribution in [0.1, 0.15) is 20.7 Å². The maximum atomic E-state index is 12.0. The minimum Gasteiger partial charge on any atom is -0.478 e. The number of carbonyl (C=O) groups excluding carboxylic acids is 1. The number of carboxylic acids is 1. The first-order valence-electron chi connectivity index (χ1n) is 5.67. The second kappa shape index (κ2) is 5.75. The molecule has 2 rings (SSSR count). The summed E-state index contributed by atoms with van der Waals surface area (Å²) in [4.78, 5) is 22.8. The topological polar surface area (TPSA) is 92.4 Å². The Hall–Kier alpha value is -2.34. The van der Waals surface area contributed by atoms with E-state index in [0.717, 1.165) is 0 Å². The third kappa shape index (κ3) is 3.16. The highest BCUT2D eigenvalue weighted by Gasteiger charge is 2.10. The van der Waals surface area contributed by atoms with Crippen LogP contribution in [0.5, 0.6) is 0 Å². The summed E-state index contributed by atoms with van der Waals surface area (Å²) >= 11 is 3.23. The summed E-state index contributed by atoms with van der Waals surface area (Å²) in [5.41, 5.74) is 7.24. The van der Waals surface area contributed by atoms with Crippen LogP contribution in [0.4, 0.5) is 11.4 Å². The predicted molar refractivity (Wildman–Crippen MR) is 79.9 cm³/mol. The van der Waals surface area contributed by atoms with E-state index in [4.69, 9.17) is 10.8 Å². The van der Waals surface area contributed by atoms with Crippen molar-refractivity contribution in [1.29, 1.82) is 0 Å². The molecular formula is C14H11BrN2O3. The Morgan fingerprint density at radius 1 is 1.05 bits per heavy atom. The van der Waals surface area contributed by atoms with Gasteiger partial charge in [0, 0.05) is 15.7 Å². The number of benzene rings is 2. The molecule has 0 aliphatic heterocycles. The molecule has 0 saturated heterocycles. The Kier molecular flexibility index (Phi) is 4.05. The average molecular weight is 335 g/mol. The maximum Gasteiger partial charge on any atom is 0.335 e. The zero-order valence-corrected chi connectivity index (χ0v) is 11.8. The number of nitrogens with one attached hydrogen (secondary N) is 1. The number of amides is 1. The molecular weight excluding hydrogens is 324 g/mol. The quantitative estimate of drug-likeness (QED) is 0.752. The molecule has 0 aliphatic rings. The Labute approximate surface area is 123 Å². The number of halogens is 1. The van der Waals surface area contributed by atoms with Gasteiger partial charge in [0.1, 0.15) is 0 Å². The first-order valence-corrected chi connectivity index (χ1v) is 6.46. The summed E-state index contributed by atoms with van der Waals surface area (Å²) in [5, 5.41) is 11.6. The van der Waals surface area contributed by atoms with Gasteiger partial charge in [0.15, 0.2) is 0 Å². The van der Waals surface area contributed by atoms with Gasteiger partial charge in [-0.25, -0.2) is 4.79 Å². The molecule has 0 aromatic heterocycles. The number of anilines is 2. The van der Waals surface area contributed by atoms with Crippen LogP contribution in [-0.4, -0.2) is 17.0 Å². The van der Waals surface area contributed by atoms with E-state index in [9.17, 15) is 9.59 Å². The summed E-state index contributed by atoms with van der Waals surface area (Å²) < 4.78 is 0.501. The fourth-order valence-corrected chi connectivity index (χ4v) is 2.06. The third-order valence-electron chi connectivity index (χ3n) is 2.64. The van der Waals surface area contributed by atoms with Crippen molar-refractivity contribution in [3.8, 4) is 0 Å². The molecule has 20 heavy (non-hydrogen) atoms. The Bertz CT molecular complexity index is 669. The number of carbonyl (C=O) groups is 2. The molecule has 0 saturated carbocycles. The highest BCUT2D eigenvalue weighted by Crippen LogP contribution is 2.24. The number of hydrogen-bond donors (Lipinski definition) is 3. The van der Waals surface area contributed by atoms with Crippen LogP contribution >= 0.6 is 15.9 Å². The average Bonchev–Trinajstić information content (AvgIpc) is 2.41. The monoisotopic (exact) mass is 334 g/mol. The number of aromatic carboxylic acids is 1. The summed E-state index contributed by atoms with van der Waals surface area (Å²) in [5.74, 6) is -1.32. The fourth-order valence-electron chi connectivity index (χ4n) is 1.58. The smallest absolute Gasteiger partial charge is 0.335 e. The molecule has 0 aliphatic carbocycles. The molecule has 6 heteroatoms. The fraction of sp³-hybridized carbons (Fsp3) is 0. The molecule has 102 valence electrons. The normalized spacial score (nSPS) is 10.1. The lowest BCUT2D eigenvalue weighted by molar-refractivity contribution is 0.0696. The second-order valence-electron chi connectivity index (χ2n) is 4.08. The SMILES string of the molecule is Nc1ccc(C(=O)Nc2ccc(C(=O)O)cc2Br)cc1. The van der Waals surface area contributed by atoms with Gasteiger partial charge in [-0.1, -0.05) is 0 Å². The van der Waals surface area contributed by atoms with Gasteiger partial charge in [-0.3, -0.25) is 4.79 Å². The van der Waals surface area contributed by atoms with Crippen LogP contribution in [0, 0.1) is 0 Å². The molecule has 1 amide bonds. The van der Waals surface area contributed by atoms with Crippen LogP contribution in [0.3, 0.4) is 0 Å². The summed E-state index contributed by atoms with van der Waals surface area (Å²) in [6.45, 7) is 0. The van der Waals surface area contributed by atoms with E-state index >= 15 is 0 Å². The van der Waals surface area contributed by atoms with Gasteiger partial charge in [0.05, 0.1) is 11.3 Å².